The fourth-order valence-corrected chi connectivity index (χ4v) is 8.58. The Labute approximate surface area is 410 Å². The quantitative estimate of drug-likeness (QED) is 0.118. The smallest absolute Gasteiger partial charge is 0.268 e. The van der Waals surface area contributed by atoms with Gasteiger partial charge in [-0.15, -0.1) is 29.7 Å². The van der Waals surface area contributed by atoms with Crippen molar-refractivity contribution in [2.75, 3.05) is 0 Å². The van der Waals surface area contributed by atoms with Gasteiger partial charge in [0, 0.05) is 44.3 Å². The molecule has 332 valence electrons. The van der Waals surface area contributed by atoms with Crippen LogP contribution in [0.5, 0.6) is 11.5 Å². The molecular formula is C60H54N4OPt-2. The van der Waals surface area contributed by atoms with Gasteiger partial charge >= 0.3 is 0 Å². The first kappa shape index (κ1) is 38.7. The van der Waals surface area contributed by atoms with E-state index in [1.54, 1.807) is 0 Å². The third-order valence-electron chi connectivity index (χ3n) is 12.2. The van der Waals surface area contributed by atoms with Crippen LogP contribution < -0.4 is 9.30 Å². The molecule has 6 heteroatoms. The number of nitrogens with zero attached hydrogens (tertiary/aromatic N) is 4. The Bertz CT molecular complexity index is 3690. The normalized spacial score (nSPS) is 13.3. The van der Waals surface area contributed by atoms with Crippen LogP contribution >= 0.6 is 0 Å². The standard InChI is InChI=1S/C60H54N4O.Pt/c1-58(2,3)42-22-17-21-41(33-42)51-35-44(60(7,8)9)34-50(40-19-11-10-12-20-40)57(51)63-39-62(53-27-15-16-28-54(53)63)45-23-18-24-46(37-45)65-47-29-30-49-48-25-13-14-26-52(48)64(55(49)38-47)56-36-43(31-32-61-56)59(4,5)6;/h10-36H,1-9H3;/q-2;/i10D,11D,12D,19D,20D;. The van der Waals surface area contributed by atoms with Gasteiger partial charge in [-0.25, -0.2) is 4.98 Å². The molecule has 10 rings (SSSR count). The van der Waals surface area contributed by atoms with E-state index in [0.717, 1.165) is 60.9 Å². The Balaban J connectivity index is 0.00000624. The molecule has 0 aliphatic heterocycles. The van der Waals surface area contributed by atoms with Crippen LogP contribution in [0.3, 0.4) is 0 Å². The van der Waals surface area contributed by atoms with Gasteiger partial charge in [0.25, 0.3) is 6.33 Å². The molecule has 0 spiro atoms. The van der Waals surface area contributed by atoms with Crippen molar-refractivity contribution in [3.63, 3.8) is 0 Å². The van der Waals surface area contributed by atoms with Crippen molar-refractivity contribution in [2.45, 2.75) is 78.6 Å². The maximum absolute atomic E-state index is 9.30. The van der Waals surface area contributed by atoms with Crippen LogP contribution in [0, 0.1) is 18.5 Å². The number of imidazole rings is 1. The minimum absolute atomic E-state index is 0. The summed E-state index contributed by atoms with van der Waals surface area (Å²) < 4.78 is 57.4. The van der Waals surface area contributed by atoms with Crippen molar-refractivity contribution < 1.29 is 37.2 Å². The number of ether oxygens (including phenoxy) is 1. The van der Waals surface area contributed by atoms with Gasteiger partial charge in [-0.3, -0.25) is 4.57 Å². The Hall–Kier alpha value is -6.55. The van der Waals surface area contributed by atoms with Crippen LogP contribution in [-0.2, 0) is 37.3 Å². The second kappa shape index (κ2) is 17.0. The Kier molecular flexibility index (Phi) is 9.98. The molecule has 7 aromatic carbocycles. The molecular weight excluding hydrogens is 988 g/mol. The fourth-order valence-electron chi connectivity index (χ4n) is 8.58. The van der Waals surface area contributed by atoms with Crippen molar-refractivity contribution in [3.8, 4) is 50.9 Å². The van der Waals surface area contributed by atoms with Crippen molar-refractivity contribution in [2.24, 2.45) is 0 Å². The predicted molar refractivity (Wildman–Crippen MR) is 267 cm³/mol. The summed E-state index contributed by atoms with van der Waals surface area (Å²) in [6, 6.07) is 48.2. The van der Waals surface area contributed by atoms with E-state index < -0.39 is 18.1 Å². The minimum atomic E-state index is -0.443. The fraction of sp³-hybridized carbons (Fsp3) is 0.200. The molecule has 5 nitrogen and oxygen atoms in total. The van der Waals surface area contributed by atoms with Crippen molar-refractivity contribution in [1.29, 1.82) is 0 Å². The summed E-state index contributed by atoms with van der Waals surface area (Å²) in [6.45, 7) is 19.5. The average Bonchev–Trinajstić information content (AvgIpc) is 3.88. The van der Waals surface area contributed by atoms with E-state index in [1.165, 1.54) is 5.56 Å². The zero-order valence-electron chi connectivity index (χ0n) is 43.7. The van der Waals surface area contributed by atoms with Crippen molar-refractivity contribution in [3.05, 3.63) is 199 Å². The number of fused-ring (bicyclic) bond motifs is 4. The summed E-state index contributed by atoms with van der Waals surface area (Å²) in [6.07, 6.45) is 5.54. The molecule has 3 aromatic heterocycles. The van der Waals surface area contributed by atoms with Crippen LogP contribution in [0.2, 0.25) is 0 Å². The second-order valence-electron chi connectivity index (χ2n) is 19.9. The maximum atomic E-state index is 9.30. The third-order valence-corrected chi connectivity index (χ3v) is 12.2. The van der Waals surface area contributed by atoms with Crippen molar-refractivity contribution >= 4 is 32.8 Å². The first-order valence-corrected chi connectivity index (χ1v) is 22.1. The summed E-state index contributed by atoms with van der Waals surface area (Å²) >= 11 is 0. The Morgan fingerprint density at radius 2 is 1.23 bits per heavy atom. The van der Waals surface area contributed by atoms with Gasteiger partial charge in [-0.2, -0.15) is 18.2 Å². The largest absolute Gasteiger partial charge is 0.510 e. The van der Waals surface area contributed by atoms with Crippen LogP contribution in [0.15, 0.2) is 164 Å². The zero-order chi connectivity index (χ0) is 49.6. The molecule has 0 radical (unpaired) electrons. The summed E-state index contributed by atoms with van der Waals surface area (Å²) in [5.41, 5.74) is 9.74. The molecule has 0 saturated heterocycles. The molecule has 0 fully saturated rings. The van der Waals surface area contributed by atoms with Gasteiger partial charge in [-0.1, -0.05) is 177 Å². The van der Waals surface area contributed by atoms with E-state index in [-0.39, 0.29) is 55.0 Å². The van der Waals surface area contributed by atoms with Gasteiger partial charge in [0.1, 0.15) is 5.82 Å². The van der Waals surface area contributed by atoms with E-state index in [1.807, 2.05) is 82.1 Å². The second-order valence-corrected chi connectivity index (χ2v) is 19.9. The van der Waals surface area contributed by atoms with E-state index in [9.17, 15) is 2.74 Å². The van der Waals surface area contributed by atoms with Gasteiger partial charge in [-0.05, 0) is 84.5 Å². The number of rotatable bonds is 7. The molecule has 0 saturated carbocycles. The van der Waals surface area contributed by atoms with E-state index in [0.29, 0.717) is 28.4 Å². The molecule has 0 N–H and O–H groups in total. The molecule has 0 aliphatic carbocycles. The first-order chi connectivity index (χ1) is 33.2. The average molecular weight is 1050 g/mol. The Morgan fingerprint density at radius 3 is 1.97 bits per heavy atom. The number of aromatic nitrogens is 4. The molecule has 0 bridgehead atoms. The predicted octanol–water partition coefficient (Wildman–Crippen LogP) is 14.8. The molecule has 0 aliphatic rings. The first-order valence-electron chi connectivity index (χ1n) is 24.6. The summed E-state index contributed by atoms with van der Waals surface area (Å²) in [7, 11) is 0. The maximum Gasteiger partial charge on any atom is 0.268 e. The molecule has 10 aromatic rings. The SMILES string of the molecule is [2H]c1c([2H])c([2H])c(-c2cc(C(C)(C)C)cc(-c3cccc(C(C)(C)C)c3)c2-[n+]2[c-]n(-c3[c-]c(Oc4[c-]c5c(cc4)c4ccccc4n5-c4cc(C(C)(C)C)ccn4)ccc3)c3ccccc32)c([2H])c1[2H].[Pt]. The molecule has 0 atom stereocenters. The van der Waals surface area contributed by atoms with Crippen LogP contribution in [0.25, 0.3) is 72.3 Å². The van der Waals surface area contributed by atoms with Gasteiger partial charge in [0.2, 0.25) is 0 Å². The van der Waals surface area contributed by atoms with E-state index in [2.05, 4.69) is 146 Å². The number of hydrogen-bond donors (Lipinski definition) is 0. The molecule has 66 heavy (non-hydrogen) atoms. The van der Waals surface area contributed by atoms with Gasteiger partial charge < -0.3 is 13.9 Å². The number of benzene rings is 7. The third kappa shape index (κ3) is 8.31. The molecule has 0 unspecified atom stereocenters. The number of pyridine rings is 1. The van der Waals surface area contributed by atoms with E-state index in [4.69, 9.17) is 13.8 Å². The number of hydrogen-bond acceptors (Lipinski definition) is 2. The van der Waals surface area contributed by atoms with Crippen LogP contribution in [0.1, 0.15) is 85.9 Å². The summed E-state index contributed by atoms with van der Waals surface area (Å²) in [4.78, 5) is 4.84. The van der Waals surface area contributed by atoms with Crippen molar-refractivity contribution in [1.82, 2.24) is 14.1 Å². The molecule has 0 amide bonds. The monoisotopic (exact) mass is 1050 g/mol. The van der Waals surface area contributed by atoms with Crippen LogP contribution in [0.4, 0.5) is 0 Å². The molecule has 3 heterocycles. The zero-order valence-corrected chi connectivity index (χ0v) is 41.0. The summed E-state index contributed by atoms with van der Waals surface area (Å²) in [5.74, 6) is 1.78. The van der Waals surface area contributed by atoms with E-state index >= 15 is 0 Å². The van der Waals surface area contributed by atoms with Crippen LogP contribution in [-0.4, -0.2) is 14.1 Å². The van der Waals surface area contributed by atoms with Gasteiger partial charge in [0.15, 0.2) is 0 Å². The minimum Gasteiger partial charge on any atom is -0.510 e. The topological polar surface area (TPSA) is 35.9 Å². The summed E-state index contributed by atoms with van der Waals surface area (Å²) in [5, 5.41) is 2.12. The van der Waals surface area contributed by atoms with Gasteiger partial charge in [0.05, 0.1) is 23.6 Å². The number of para-hydroxylation sites is 3. The Morgan fingerprint density at radius 1 is 0.576 bits per heavy atom.